The molecule has 3 N–H and O–H groups in total. The van der Waals surface area contributed by atoms with Crippen molar-refractivity contribution in [1.82, 2.24) is 10.3 Å². The fourth-order valence-electron chi connectivity index (χ4n) is 1.48. The van der Waals surface area contributed by atoms with Crippen molar-refractivity contribution in [2.24, 2.45) is 0 Å². The van der Waals surface area contributed by atoms with Gasteiger partial charge >= 0.3 is 6.09 Å². The molecule has 17 heavy (non-hydrogen) atoms. The van der Waals surface area contributed by atoms with Gasteiger partial charge in [-0.15, -0.1) is 0 Å². The largest absolute Gasteiger partial charge is 0.414 e. The molecule has 2 rings (SSSR count). The van der Waals surface area contributed by atoms with Crippen molar-refractivity contribution in [2.45, 2.75) is 13.0 Å². The smallest absolute Gasteiger partial charge is 0.394 e. The van der Waals surface area contributed by atoms with E-state index in [1.165, 1.54) is 0 Å². The molecule has 0 aliphatic rings. The first-order chi connectivity index (χ1) is 8.19. The van der Waals surface area contributed by atoms with Crippen LogP contribution in [0.5, 0.6) is 5.88 Å². The highest BCUT2D eigenvalue weighted by atomic mass is 16.6. The van der Waals surface area contributed by atoms with Gasteiger partial charge < -0.3 is 20.1 Å². The van der Waals surface area contributed by atoms with Crippen LogP contribution in [0, 0.1) is 0 Å². The number of carbonyl (C=O) groups is 1. The quantitative estimate of drug-likeness (QED) is 0.755. The Bertz CT molecular complexity index is 488. The van der Waals surface area contributed by atoms with Gasteiger partial charge in [-0.3, -0.25) is 0 Å². The number of rotatable bonds is 3. The van der Waals surface area contributed by atoms with Gasteiger partial charge in [0.25, 0.3) is 0 Å². The van der Waals surface area contributed by atoms with Crippen molar-refractivity contribution in [2.75, 3.05) is 6.61 Å². The molecule has 1 unspecified atom stereocenters. The fraction of sp³-hybridized carbons (Fsp3) is 0.250. The van der Waals surface area contributed by atoms with Gasteiger partial charge in [0.2, 0.25) is 5.88 Å². The lowest BCUT2D eigenvalue weighted by Gasteiger charge is -2.09. The van der Waals surface area contributed by atoms with Crippen LogP contribution >= 0.6 is 0 Å². The molecule has 1 aromatic heterocycles. The Morgan fingerprint density at radius 3 is 3.00 bits per heavy atom. The minimum Gasteiger partial charge on any atom is -0.394 e. The molecule has 90 valence electrons. The van der Waals surface area contributed by atoms with Crippen molar-refractivity contribution in [1.29, 1.82) is 0 Å². The van der Waals surface area contributed by atoms with E-state index in [4.69, 9.17) is 9.84 Å². The zero-order valence-corrected chi connectivity index (χ0v) is 9.43. The van der Waals surface area contributed by atoms with E-state index in [-0.39, 0.29) is 12.6 Å². The Morgan fingerprint density at radius 2 is 2.29 bits per heavy atom. The van der Waals surface area contributed by atoms with Crippen molar-refractivity contribution in [3.63, 3.8) is 0 Å². The van der Waals surface area contributed by atoms with Crippen LogP contribution in [0.15, 0.2) is 30.3 Å². The van der Waals surface area contributed by atoms with Gasteiger partial charge in [0.1, 0.15) is 0 Å². The number of hydrogen-bond donors (Lipinski definition) is 3. The number of fused-ring (bicyclic) bond motifs is 1. The van der Waals surface area contributed by atoms with E-state index >= 15 is 0 Å². The summed E-state index contributed by atoms with van der Waals surface area (Å²) in [6, 6.07) is 9.05. The number of aromatic amines is 1. The first-order valence-electron chi connectivity index (χ1n) is 5.36. The maximum atomic E-state index is 11.4. The Labute approximate surface area is 98.4 Å². The summed E-state index contributed by atoms with van der Waals surface area (Å²) in [6.07, 6.45) is -0.585. The zero-order valence-electron chi connectivity index (χ0n) is 9.43. The standard InChI is InChI=1S/C12H14N2O3/c1-8(7-15)13-12(16)17-11-6-9-4-2-3-5-10(9)14-11/h2-6,8,14-15H,7H2,1H3,(H,13,16). The summed E-state index contributed by atoms with van der Waals surface area (Å²) in [5.74, 6) is 0.383. The summed E-state index contributed by atoms with van der Waals surface area (Å²) in [5.41, 5.74) is 0.908. The van der Waals surface area contributed by atoms with Crippen LogP contribution in [-0.2, 0) is 0 Å². The van der Waals surface area contributed by atoms with Crippen LogP contribution in [-0.4, -0.2) is 28.8 Å². The maximum absolute atomic E-state index is 11.4. The van der Waals surface area contributed by atoms with E-state index in [1.807, 2.05) is 24.3 Å². The Hall–Kier alpha value is -2.01. The van der Waals surface area contributed by atoms with Gasteiger partial charge in [-0.1, -0.05) is 18.2 Å². The minimum absolute atomic E-state index is 0.123. The normalized spacial score (nSPS) is 12.4. The third-order valence-corrected chi connectivity index (χ3v) is 2.35. The van der Waals surface area contributed by atoms with Crippen LogP contribution in [0.25, 0.3) is 10.9 Å². The molecule has 0 saturated heterocycles. The van der Waals surface area contributed by atoms with Crippen molar-refractivity contribution in [3.05, 3.63) is 30.3 Å². The molecule has 0 aliphatic carbocycles. The summed E-state index contributed by atoms with van der Waals surface area (Å²) < 4.78 is 5.06. The molecule has 1 aromatic carbocycles. The fourth-order valence-corrected chi connectivity index (χ4v) is 1.48. The second-order valence-electron chi connectivity index (χ2n) is 3.84. The molecule has 1 amide bonds. The number of H-pyrrole nitrogens is 1. The second-order valence-corrected chi connectivity index (χ2v) is 3.84. The molecule has 5 heteroatoms. The van der Waals surface area contributed by atoms with Crippen molar-refractivity contribution in [3.8, 4) is 5.88 Å². The summed E-state index contributed by atoms with van der Waals surface area (Å²) in [4.78, 5) is 14.4. The molecule has 2 aromatic rings. The topological polar surface area (TPSA) is 74.3 Å². The molecule has 0 aliphatic heterocycles. The number of aliphatic hydroxyl groups excluding tert-OH is 1. The Kier molecular flexibility index (Phi) is 3.30. The van der Waals surface area contributed by atoms with Crippen LogP contribution in [0.4, 0.5) is 4.79 Å². The van der Waals surface area contributed by atoms with Crippen LogP contribution in [0.3, 0.4) is 0 Å². The van der Waals surface area contributed by atoms with Crippen LogP contribution in [0.2, 0.25) is 0 Å². The average molecular weight is 234 g/mol. The van der Waals surface area contributed by atoms with E-state index in [1.54, 1.807) is 13.0 Å². The van der Waals surface area contributed by atoms with E-state index in [9.17, 15) is 4.79 Å². The first kappa shape index (κ1) is 11.5. The lowest BCUT2D eigenvalue weighted by atomic mass is 10.3. The molecule has 0 bridgehead atoms. The Balaban J connectivity index is 2.05. The maximum Gasteiger partial charge on any atom is 0.414 e. The number of aromatic nitrogens is 1. The first-order valence-corrected chi connectivity index (χ1v) is 5.36. The molecule has 0 saturated carbocycles. The monoisotopic (exact) mass is 234 g/mol. The number of carbonyl (C=O) groups excluding carboxylic acids is 1. The lowest BCUT2D eigenvalue weighted by Crippen LogP contribution is -2.37. The van der Waals surface area contributed by atoms with Crippen LogP contribution < -0.4 is 10.1 Å². The molecular weight excluding hydrogens is 220 g/mol. The highest BCUT2D eigenvalue weighted by molar-refractivity contribution is 5.82. The summed E-state index contributed by atoms with van der Waals surface area (Å²) in [5, 5.41) is 12.3. The van der Waals surface area contributed by atoms with Crippen LogP contribution in [0.1, 0.15) is 6.92 Å². The molecule has 0 radical (unpaired) electrons. The minimum atomic E-state index is -0.585. The zero-order chi connectivity index (χ0) is 12.3. The third-order valence-electron chi connectivity index (χ3n) is 2.35. The predicted octanol–water partition coefficient (Wildman–Crippen LogP) is 1.64. The number of hydrogen-bond acceptors (Lipinski definition) is 3. The van der Waals surface area contributed by atoms with Gasteiger partial charge in [-0.05, 0) is 13.0 Å². The van der Waals surface area contributed by atoms with E-state index < -0.39 is 6.09 Å². The van der Waals surface area contributed by atoms with E-state index in [0.717, 1.165) is 10.9 Å². The van der Waals surface area contributed by atoms with Crippen molar-refractivity contribution >= 4 is 17.0 Å². The lowest BCUT2D eigenvalue weighted by molar-refractivity contribution is 0.184. The number of nitrogens with one attached hydrogen (secondary N) is 2. The van der Waals surface area contributed by atoms with Gasteiger partial charge in [0.05, 0.1) is 12.6 Å². The second kappa shape index (κ2) is 4.88. The molecular formula is C12H14N2O3. The SMILES string of the molecule is CC(CO)NC(=O)Oc1cc2ccccc2[nH]1. The van der Waals surface area contributed by atoms with Crippen molar-refractivity contribution < 1.29 is 14.6 Å². The van der Waals surface area contributed by atoms with E-state index in [2.05, 4.69) is 10.3 Å². The van der Waals surface area contributed by atoms with Gasteiger partial charge in [-0.25, -0.2) is 4.79 Å². The van der Waals surface area contributed by atoms with Gasteiger partial charge in [0, 0.05) is 17.0 Å². The number of aliphatic hydroxyl groups is 1. The molecule has 0 spiro atoms. The molecule has 1 heterocycles. The van der Waals surface area contributed by atoms with Gasteiger partial charge in [0.15, 0.2) is 0 Å². The Morgan fingerprint density at radius 1 is 1.53 bits per heavy atom. The van der Waals surface area contributed by atoms with Gasteiger partial charge in [-0.2, -0.15) is 0 Å². The average Bonchev–Trinajstić information content (AvgIpc) is 2.70. The highest BCUT2D eigenvalue weighted by Crippen LogP contribution is 2.19. The number of amides is 1. The molecule has 0 fully saturated rings. The summed E-state index contributed by atoms with van der Waals surface area (Å²) in [6.45, 7) is 1.56. The number of para-hydroxylation sites is 1. The molecule has 1 atom stereocenters. The van der Waals surface area contributed by atoms with E-state index in [0.29, 0.717) is 5.88 Å². The summed E-state index contributed by atoms with van der Waals surface area (Å²) >= 11 is 0. The number of benzene rings is 1. The predicted molar refractivity (Wildman–Crippen MR) is 64.0 cm³/mol. The highest BCUT2D eigenvalue weighted by Gasteiger charge is 2.09. The third kappa shape index (κ3) is 2.76. The summed E-state index contributed by atoms with van der Waals surface area (Å²) in [7, 11) is 0. The number of ether oxygens (including phenoxy) is 1. The molecule has 5 nitrogen and oxygen atoms in total.